The van der Waals surface area contributed by atoms with Gasteiger partial charge in [0.25, 0.3) is 5.91 Å². The highest BCUT2D eigenvalue weighted by molar-refractivity contribution is 7.87. The van der Waals surface area contributed by atoms with Crippen molar-refractivity contribution in [3.63, 3.8) is 0 Å². The minimum absolute atomic E-state index is 0.705. The van der Waals surface area contributed by atoms with Gasteiger partial charge in [-0.05, 0) is 12.8 Å². The first-order valence-electron chi connectivity index (χ1n) is 8.40. The van der Waals surface area contributed by atoms with Gasteiger partial charge in [-0.1, -0.05) is 6.58 Å². The molecule has 0 radical (unpaired) electrons. The summed E-state index contributed by atoms with van der Waals surface area (Å²) in [5, 5.41) is 3.86. The lowest BCUT2D eigenvalue weighted by Gasteiger charge is -2.35. The summed E-state index contributed by atoms with van der Waals surface area (Å²) >= 11 is 0. The Morgan fingerprint density at radius 1 is 1.00 bits per heavy atom. The summed E-state index contributed by atoms with van der Waals surface area (Å²) in [6.07, 6.45) is -19.1. The molecule has 2 unspecified atom stereocenters. The topological polar surface area (TPSA) is 122 Å². The van der Waals surface area contributed by atoms with Crippen molar-refractivity contribution in [2.75, 3.05) is 13.2 Å². The summed E-state index contributed by atoms with van der Waals surface area (Å²) in [5.41, 5.74) is 0. The van der Waals surface area contributed by atoms with E-state index in [9.17, 15) is 61.5 Å². The largest absolute Gasteiger partial charge is 0.453 e. The van der Waals surface area contributed by atoms with Gasteiger partial charge in [-0.15, -0.1) is 0 Å². The van der Waals surface area contributed by atoms with Gasteiger partial charge in [0.05, 0.1) is 6.61 Å². The van der Waals surface area contributed by atoms with Crippen molar-refractivity contribution in [3.8, 4) is 0 Å². The Kier molecular flexibility index (Phi) is 10.3. The van der Waals surface area contributed by atoms with Crippen LogP contribution in [0.4, 0.5) is 48.3 Å². The summed E-state index contributed by atoms with van der Waals surface area (Å²) in [6, 6.07) is 0. The molecule has 0 heterocycles. The summed E-state index contributed by atoms with van der Waals surface area (Å²) in [5.74, 6) is -15.1. The van der Waals surface area contributed by atoms with Crippen LogP contribution in [0.1, 0.15) is 19.3 Å². The van der Waals surface area contributed by atoms with Gasteiger partial charge in [0.1, 0.15) is 12.4 Å². The minimum Gasteiger partial charge on any atom is -0.362 e. The molecule has 0 saturated heterocycles. The van der Waals surface area contributed by atoms with Crippen LogP contribution in [-0.2, 0) is 24.4 Å². The molecule has 0 aromatic heterocycles. The predicted octanol–water partition coefficient (Wildman–Crippen LogP) is 3.04. The molecule has 8 nitrogen and oxygen atoms in total. The number of nitrogens with one attached hydrogen (secondary N) is 1. The molecule has 1 amide bonds. The van der Waals surface area contributed by atoms with E-state index in [1.165, 1.54) is 0 Å². The van der Waals surface area contributed by atoms with Crippen molar-refractivity contribution in [3.05, 3.63) is 12.4 Å². The maximum Gasteiger partial charge on any atom is 0.453 e. The van der Waals surface area contributed by atoms with E-state index in [0.29, 0.717) is 5.32 Å². The zero-order chi connectivity index (χ0) is 27.4. The molecule has 0 bridgehead atoms. The van der Waals surface area contributed by atoms with E-state index in [4.69, 9.17) is 9.66 Å². The number of unbranched alkanes of at least 4 members (excludes halogenated alkanes) is 1. The number of ether oxygens (including phenoxy) is 2. The average Bonchev–Trinajstić information content (AvgIpc) is 2.61. The van der Waals surface area contributed by atoms with Crippen molar-refractivity contribution in [1.29, 1.82) is 0 Å². The first kappa shape index (κ1) is 32.2. The second kappa shape index (κ2) is 10.9. The van der Waals surface area contributed by atoms with Crippen molar-refractivity contribution in [1.82, 2.24) is 5.32 Å². The molecule has 0 saturated carbocycles. The molecule has 0 fully saturated rings. The van der Waals surface area contributed by atoms with E-state index in [0.717, 1.165) is 0 Å². The highest BCUT2D eigenvalue weighted by Gasteiger charge is 2.66. The van der Waals surface area contributed by atoms with Crippen LogP contribution >= 0.6 is 0 Å². The van der Waals surface area contributed by atoms with E-state index >= 15 is 0 Å². The van der Waals surface area contributed by atoms with Gasteiger partial charge >= 0.3 is 39.4 Å². The lowest BCUT2D eigenvalue weighted by molar-refractivity contribution is -0.386. The maximum atomic E-state index is 13.5. The van der Waals surface area contributed by atoms with Gasteiger partial charge < -0.3 is 15.2 Å². The van der Waals surface area contributed by atoms with Crippen molar-refractivity contribution >= 4 is 16.0 Å². The lowest BCUT2D eigenvalue weighted by atomic mass is 10.1. The normalized spacial score (nSPS) is 16.6. The third-order valence-electron chi connectivity index (χ3n) is 3.61. The van der Waals surface area contributed by atoms with E-state index in [-0.39, 0.29) is 0 Å². The Morgan fingerprint density at radius 2 is 1.50 bits per heavy atom. The van der Waals surface area contributed by atoms with Gasteiger partial charge in [0.2, 0.25) is 6.29 Å². The number of rotatable bonds is 13. The van der Waals surface area contributed by atoms with Crippen molar-refractivity contribution in [2.45, 2.75) is 54.9 Å². The van der Waals surface area contributed by atoms with E-state index in [2.05, 4.69) is 16.1 Å². The van der Waals surface area contributed by atoms with Crippen molar-refractivity contribution < 1.29 is 80.6 Å². The maximum absolute atomic E-state index is 13.5. The van der Waals surface area contributed by atoms with Crippen LogP contribution < -0.4 is 5.32 Å². The molecule has 0 spiro atoms. The van der Waals surface area contributed by atoms with Gasteiger partial charge in [-0.3, -0.25) is 14.1 Å². The third kappa shape index (κ3) is 8.17. The Bertz CT molecular complexity index is 829. The number of hydrogen-bond donors (Lipinski definition) is 3. The van der Waals surface area contributed by atoms with Crippen LogP contribution in [0.5, 0.6) is 0 Å². The number of aliphatic hydroxyl groups excluding tert-OH is 1. The fraction of sp³-hybridized carbons (Fsp3) is 0.786. The molecule has 0 aromatic carbocycles. The molecule has 0 aliphatic heterocycles. The second-order valence-corrected chi connectivity index (χ2v) is 7.79. The quantitative estimate of drug-likeness (QED) is 0.139. The van der Waals surface area contributed by atoms with Gasteiger partial charge in [-0.2, -0.15) is 52.3 Å². The molecule has 202 valence electrons. The van der Waals surface area contributed by atoms with Gasteiger partial charge in [-0.25, -0.2) is 4.39 Å². The lowest BCUT2D eigenvalue weighted by Crippen LogP contribution is -2.62. The highest BCUT2D eigenvalue weighted by Crippen LogP contribution is 2.42. The standard InChI is InChI=1S/C14H16F11NO7S/c1-7(15)8(27)33-12(13(21,22)23,9(28)26-6-11(18,19)20)32-5-3-2-4-10(16,17)14(24,25)34(29,30)31/h8,27H,1-6H2,(H,26,28)(H,29,30,31). The summed E-state index contributed by atoms with van der Waals surface area (Å²) in [4.78, 5) is 11.8. The molecule has 34 heavy (non-hydrogen) atoms. The molecule has 0 rings (SSSR count). The first-order valence-corrected chi connectivity index (χ1v) is 9.84. The monoisotopic (exact) mass is 551 g/mol. The van der Waals surface area contributed by atoms with Crippen LogP contribution in [-0.4, -0.2) is 72.7 Å². The van der Waals surface area contributed by atoms with Crippen molar-refractivity contribution in [2.24, 2.45) is 0 Å². The Hall–Kier alpha value is -1.77. The Morgan fingerprint density at radius 3 is 1.88 bits per heavy atom. The molecular weight excluding hydrogens is 535 g/mol. The fourth-order valence-electron chi connectivity index (χ4n) is 1.95. The Labute approximate surface area is 183 Å². The van der Waals surface area contributed by atoms with Gasteiger partial charge in [0.15, 0.2) is 0 Å². The van der Waals surface area contributed by atoms with E-state index in [1.54, 1.807) is 0 Å². The molecular formula is C14H16F11NO7S. The van der Waals surface area contributed by atoms with E-state index in [1.807, 2.05) is 0 Å². The smallest absolute Gasteiger partial charge is 0.362 e. The van der Waals surface area contributed by atoms with Crippen LogP contribution in [0.2, 0.25) is 0 Å². The highest BCUT2D eigenvalue weighted by atomic mass is 32.2. The minimum atomic E-state index is -6.60. The third-order valence-corrected chi connectivity index (χ3v) is 4.55. The molecule has 0 aromatic rings. The first-order chi connectivity index (χ1) is 14.9. The zero-order valence-electron chi connectivity index (χ0n) is 16.3. The Balaban J connectivity index is 5.62. The number of carbonyl (C=O) groups is 1. The molecule has 3 N–H and O–H groups in total. The average molecular weight is 551 g/mol. The number of aliphatic hydroxyl groups is 1. The van der Waals surface area contributed by atoms with Crippen LogP contribution in [0.15, 0.2) is 12.4 Å². The number of hydrogen-bond acceptors (Lipinski definition) is 6. The van der Waals surface area contributed by atoms with Gasteiger partial charge in [0, 0.05) is 6.42 Å². The molecule has 2 atom stereocenters. The van der Waals surface area contributed by atoms with Crippen LogP contribution in [0.25, 0.3) is 0 Å². The fourth-order valence-corrected chi connectivity index (χ4v) is 2.43. The number of halogens is 11. The summed E-state index contributed by atoms with van der Waals surface area (Å²) < 4.78 is 180. The van der Waals surface area contributed by atoms with E-state index < -0.39 is 89.9 Å². The molecule has 0 aliphatic carbocycles. The number of amides is 1. The van der Waals surface area contributed by atoms with Crippen LogP contribution in [0, 0.1) is 0 Å². The second-order valence-electron chi connectivity index (χ2n) is 6.33. The molecule has 0 aliphatic rings. The summed E-state index contributed by atoms with van der Waals surface area (Å²) in [6.45, 7) is -1.60. The molecule has 20 heteroatoms. The number of alkyl halides is 10. The number of carbonyl (C=O) groups excluding carboxylic acids is 1. The predicted molar refractivity (Wildman–Crippen MR) is 86.4 cm³/mol. The summed E-state index contributed by atoms with van der Waals surface area (Å²) in [7, 11) is -6.60. The zero-order valence-corrected chi connectivity index (χ0v) is 17.1. The van der Waals surface area contributed by atoms with Crippen LogP contribution in [0.3, 0.4) is 0 Å². The SMILES string of the molecule is C=C(F)C(O)OC(OCCCCC(F)(F)C(F)(F)S(=O)(=O)O)(C(=O)NCC(F)(F)F)C(F)(F)F.